The Balaban J connectivity index is 1.46. The first kappa shape index (κ1) is 22.6. The second-order valence-electron chi connectivity index (χ2n) is 7.29. The number of carbonyl (C=O) groups is 4. The highest BCUT2D eigenvalue weighted by atomic mass is 32.2. The lowest BCUT2D eigenvalue weighted by Gasteiger charge is -2.34. The van der Waals surface area contributed by atoms with Crippen molar-refractivity contribution in [2.24, 2.45) is 0 Å². The van der Waals surface area contributed by atoms with E-state index in [4.69, 9.17) is 14.3 Å². The number of thioether (sulfide) groups is 1. The SMILES string of the molecule is O=C1CC(Sc2ccccc2)C(C(=O)O)(N2OC[C@H](NC(=O)OCc3ccccc3)C2=O)O1. The van der Waals surface area contributed by atoms with Gasteiger partial charge < -0.3 is 19.9 Å². The average Bonchev–Trinajstić information content (AvgIpc) is 3.33. The van der Waals surface area contributed by atoms with E-state index in [1.165, 1.54) is 0 Å². The summed E-state index contributed by atoms with van der Waals surface area (Å²) >= 11 is 1.09. The highest BCUT2D eigenvalue weighted by Gasteiger charge is 2.65. The van der Waals surface area contributed by atoms with Gasteiger partial charge in [0.1, 0.15) is 19.3 Å². The summed E-state index contributed by atoms with van der Waals surface area (Å²) in [6.45, 7) is -0.348. The van der Waals surface area contributed by atoms with Gasteiger partial charge in [-0.2, -0.15) is 5.06 Å². The minimum atomic E-state index is -2.38. The summed E-state index contributed by atoms with van der Waals surface area (Å²) in [5.41, 5.74) is -1.62. The Morgan fingerprint density at radius 3 is 2.45 bits per heavy atom. The molecular weight excluding hydrogens is 452 g/mol. The first-order valence-corrected chi connectivity index (χ1v) is 10.9. The topological polar surface area (TPSA) is 131 Å². The minimum Gasteiger partial charge on any atom is -0.477 e. The van der Waals surface area contributed by atoms with Gasteiger partial charge in [0, 0.05) is 4.90 Å². The van der Waals surface area contributed by atoms with Gasteiger partial charge >= 0.3 is 23.8 Å². The van der Waals surface area contributed by atoms with Gasteiger partial charge in [0.2, 0.25) is 0 Å². The number of aliphatic carboxylic acids is 1. The summed E-state index contributed by atoms with van der Waals surface area (Å²) in [4.78, 5) is 55.6. The van der Waals surface area contributed by atoms with Crippen molar-refractivity contribution in [1.29, 1.82) is 0 Å². The molecule has 0 spiro atoms. The van der Waals surface area contributed by atoms with E-state index >= 15 is 0 Å². The third-order valence-electron chi connectivity index (χ3n) is 5.06. The number of rotatable bonds is 7. The molecule has 11 heteroatoms. The summed E-state index contributed by atoms with van der Waals surface area (Å²) in [6.07, 6.45) is -1.11. The summed E-state index contributed by atoms with van der Waals surface area (Å²) in [7, 11) is 0. The van der Waals surface area contributed by atoms with Gasteiger partial charge in [-0.25, -0.2) is 9.59 Å². The Kier molecular flexibility index (Phi) is 6.52. The summed E-state index contributed by atoms with van der Waals surface area (Å²) in [5, 5.41) is 11.9. The maximum Gasteiger partial charge on any atom is 0.408 e. The van der Waals surface area contributed by atoms with Crippen molar-refractivity contribution in [3.63, 3.8) is 0 Å². The summed E-state index contributed by atoms with van der Waals surface area (Å²) in [6, 6.07) is 16.6. The number of carboxylic acids is 1. The van der Waals surface area contributed by atoms with E-state index in [0.717, 1.165) is 17.3 Å². The van der Waals surface area contributed by atoms with Gasteiger partial charge in [-0.3, -0.25) is 14.4 Å². The number of carbonyl (C=O) groups excluding carboxylic acids is 3. The third-order valence-corrected chi connectivity index (χ3v) is 6.38. The molecule has 172 valence electrons. The zero-order chi connectivity index (χ0) is 23.4. The maximum absolute atomic E-state index is 13.0. The fourth-order valence-corrected chi connectivity index (χ4v) is 4.76. The van der Waals surface area contributed by atoms with E-state index in [1.54, 1.807) is 54.6 Å². The predicted octanol–water partition coefficient (Wildman–Crippen LogP) is 1.94. The van der Waals surface area contributed by atoms with Crippen molar-refractivity contribution in [2.75, 3.05) is 6.61 Å². The molecule has 4 rings (SSSR count). The number of ether oxygens (including phenoxy) is 2. The number of nitrogens with one attached hydrogen (secondary N) is 1. The van der Waals surface area contributed by atoms with Crippen LogP contribution in [0.25, 0.3) is 0 Å². The third kappa shape index (κ3) is 4.64. The Morgan fingerprint density at radius 2 is 1.79 bits per heavy atom. The molecule has 33 heavy (non-hydrogen) atoms. The number of cyclic esters (lactones) is 1. The number of carboxylic acid groups (broad SMARTS) is 1. The molecule has 2 fully saturated rings. The number of benzene rings is 2. The van der Waals surface area contributed by atoms with Crippen molar-refractivity contribution >= 4 is 35.7 Å². The highest BCUT2D eigenvalue weighted by Crippen LogP contribution is 2.43. The predicted molar refractivity (Wildman–Crippen MR) is 114 cm³/mol. The van der Waals surface area contributed by atoms with Crippen LogP contribution in [0, 0.1) is 0 Å². The number of nitrogens with zero attached hydrogens (tertiary/aromatic N) is 1. The molecule has 2 heterocycles. The molecule has 0 radical (unpaired) electrons. The molecule has 0 aromatic heterocycles. The van der Waals surface area contributed by atoms with Crippen LogP contribution in [0.15, 0.2) is 65.6 Å². The lowest BCUT2D eigenvalue weighted by Crippen LogP contribution is -2.61. The Labute approximate surface area is 192 Å². The Hall–Kier alpha value is -3.57. The van der Waals surface area contributed by atoms with Crippen LogP contribution in [0.1, 0.15) is 12.0 Å². The van der Waals surface area contributed by atoms with Gasteiger partial charge in [0.05, 0.1) is 11.7 Å². The first-order valence-electron chi connectivity index (χ1n) is 10.0. The van der Waals surface area contributed by atoms with Crippen LogP contribution in [0.3, 0.4) is 0 Å². The highest BCUT2D eigenvalue weighted by molar-refractivity contribution is 8.00. The minimum absolute atomic E-state index is 0.00930. The van der Waals surface area contributed by atoms with Crippen molar-refractivity contribution in [3.05, 3.63) is 66.2 Å². The van der Waals surface area contributed by atoms with E-state index in [0.29, 0.717) is 9.96 Å². The van der Waals surface area contributed by atoms with E-state index in [1.807, 2.05) is 6.07 Å². The summed E-state index contributed by atoms with van der Waals surface area (Å²) < 4.78 is 10.3. The molecule has 3 atom stereocenters. The molecule has 0 aliphatic carbocycles. The molecular formula is C22H20N2O8S. The molecule has 2 amide bonds. The average molecular weight is 472 g/mol. The summed E-state index contributed by atoms with van der Waals surface area (Å²) in [5.74, 6) is -3.19. The van der Waals surface area contributed by atoms with Gasteiger partial charge in [0.25, 0.3) is 5.91 Å². The van der Waals surface area contributed by atoms with Crippen LogP contribution in [-0.2, 0) is 35.3 Å². The van der Waals surface area contributed by atoms with E-state index < -0.39 is 41.0 Å². The van der Waals surface area contributed by atoms with Gasteiger partial charge in [-0.15, -0.1) is 11.8 Å². The molecule has 0 bridgehead atoms. The van der Waals surface area contributed by atoms with Crippen LogP contribution >= 0.6 is 11.8 Å². The molecule has 10 nitrogen and oxygen atoms in total. The van der Waals surface area contributed by atoms with Crippen LogP contribution in [0.2, 0.25) is 0 Å². The standard InChI is InChI=1S/C22H20N2O8S/c25-18-11-17(33-15-9-5-2-6-10-15)22(32-18,20(27)28)24-19(26)16(13-31-24)23-21(29)30-12-14-7-3-1-4-8-14/h1-10,16-17H,11-13H2,(H,23,29)(H,27,28)/t16-,17?,22?/m0/s1. The molecule has 2 unspecified atom stereocenters. The maximum atomic E-state index is 13.0. The normalized spacial score (nSPS) is 24.4. The number of amides is 2. The molecule has 2 aromatic rings. The smallest absolute Gasteiger partial charge is 0.408 e. The number of esters is 1. The molecule has 2 aliphatic heterocycles. The number of hydroxylamine groups is 2. The molecule has 0 saturated carbocycles. The second-order valence-corrected chi connectivity index (χ2v) is 8.56. The lowest BCUT2D eigenvalue weighted by molar-refractivity contribution is -0.255. The van der Waals surface area contributed by atoms with E-state index in [2.05, 4.69) is 5.32 Å². The lowest BCUT2D eigenvalue weighted by atomic mass is 10.1. The van der Waals surface area contributed by atoms with E-state index in [-0.39, 0.29) is 19.6 Å². The fourth-order valence-electron chi connectivity index (χ4n) is 3.49. The van der Waals surface area contributed by atoms with Crippen molar-refractivity contribution in [2.45, 2.75) is 34.9 Å². The largest absolute Gasteiger partial charge is 0.477 e. The van der Waals surface area contributed by atoms with Crippen molar-refractivity contribution in [1.82, 2.24) is 10.4 Å². The molecule has 2 aromatic carbocycles. The molecule has 2 saturated heterocycles. The monoisotopic (exact) mass is 472 g/mol. The quantitative estimate of drug-likeness (QED) is 0.580. The fraction of sp³-hybridized carbons (Fsp3) is 0.273. The van der Waals surface area contributed by atoms with Crippen LogP contribution in [-0.4, -0.2) is 57.7 Å². The van der Waals surface area contributed by atoms with Gasteiger partial charge in [-0.1, -0.05) is 48.5 Å². The van der Waals surface area contributed by atoms with E-state index in [9.17, 15) is 24.3 Å². The van der Waals surface area contributed by atoms with Crippen LogP contribution in [0.5, 0.6) is 0 Å². The number of hydrogen-bond acceptors (Lipinski definition) is 8. The zero-order valence-corrected chi connectivity index (χ0v) is 18.0. The molecule has 2 N–H and O–H groups in total. The Bertz CT molecular complexity index is 1050. The first-order chi connectivity index (χ1) is 15.9. The van der Waals surface area contributed by atoms with Crippen LogP contribution < -0.4 is 5.32 Å². The second kappa shape index (κ2) is 9.51. The Morgan fingerprint density at radius 1 is 1.12 bits per heavy atom. The van der Waals surface area contributed by atoms with Crippen molar-refractivity contribution in [3.8, 4) is 0 Å². The number of alkyl carbamates (subject to hydrolysis) is 1. The van der Waals surface area contributed by atoms with Crippen molar-refractivity contribution < 1.29 is 38.6 Å². The van der Waals surface area contributed by atoms with Gasteiger partial charge in [-0.05, 0) is 17.7 Å². The molecule has 2 aliphatic rings. The zero-order valence-electron chi connectivity index (χ0n) is 17.2. The number of hydrogen-bond donors (Lipinski definition) is 2. The van der Waals surface area contributed by atoms with Gasteiger partial charge in [0.15, 0.2) is 0 Å². The van der Waals surface area contributed by atoms with Crippen LogP contribution in [0.4, 0.5) is 4.79 Å².